The molecule has 4 rings (SSSR count). The van der Waals surface area contributed by atoms with E-state index in [-0.39, 0.29) is 11.8 Å². The van der Waals surface area contributed by atoms with Gasteiger partial charge in [0.2, 0.25) is 5.91 Å². The molecule has 1 atom stereocenters. The standard InChI is InChI=1S/C20H22N2O3S2/c23-18(21-13-16-3-2-10-25-16)17-4-1-9-22(17)19(24)14-5-7-15(8-6-14)20-26-11-12-27-20/h2-3,5-8,10,17,20H,1,4,9,11-13H2,(H,21,23). The molecule has 2 amide bonds. The molecule has 0 aliphatic carbocycles. The number of nitrogens with one attached hydrogen (secondary N) is 1. The number of furan rings is 1. The van der Waals surface area contributed by atoms with Gasteiger partial charge < -0.3 is 14.6 Å². The van der Waals surface area contributed by atoms with Crippen molar-refractivity contribution in [1.29, 1.82) is 0 Å². The van der Waals surface area contributed by atoms with Crippen LogP contribution >= 0.6 is 23.5 Å². The van der Waals surface area contributed by atoms with E-state index in [4.69, 9.17) is 4.42 Å². The molecule has 1 aromatic heterocycles. The molecule has 142 valence electrons. The highest BCUT2D eigenvalue weighted by atomic mass is 32.2. The van der Waals surface area contributed by atoms with Gasteiger partial charge in [-0.15, -0.1) is 23.5 Å². The summed E-state index contributed by atoms with van der Waals surface area (Å²) in [5, 5.41) is 2.88. The van der Waals surface area contributed by atoms with E-state index in [0.29, 0.717) is 35.4 Å². The summed E-state index contributed by atoms with van der Waals surface area (Å²) in [4.78, 5) is 27.2. The summed E-state index contributed by atoms with van der Waals surface area (Å²) in [6.07, 6.45) is 3.13. The molecule has 0 bridgehead atoms. The molecular weight excluding hydrogens is 380 g/mol. The fraction of sp³-hybridized carbons (Fsp3) is 0.400. The van der Waals surface area contributed by atoms with Crippen molar-refractivity contribution in [3.05, 3.63) is 59.5 Å². The highest BCUT2D eigenvalue weighted by Crippen LogP contribution is 2.45. The fourth-order valence-corrected chi connectivity index (χ4v) is 6.35. The summed E-state index contributed by atoms with van der Waals surface area (Å²) in [5.74, 6) is 2.88. The topological polar surface area (TPSA) is 62.6 Å². The van der Waals surface area contributed by atoms with Crippen molar-refractivity contribution in [3.8, 4) is 0 Å². The number of amides is 2. The maximum absolute atomic E-state index is 12.9. The zero-order valence-electron chi connectivity index (χ0n) is 14.9. The quantitative estimate of drug-likeness (QED) is 0.827. The van der Waals surface area contributed by atoms with E-state index >= 15 is 0 Å². The van der Waals surface area contributed by atoms with Crippen molar-refractivity contribution in [2.45, 2.75) is 30.0 Å². The maximum atomic E-state index is 12.9. The Hall–Kier alpha value is -1.86. The molecular formula is C20H22N2O3S2. The molecule has 27 heavy (non-hydrogen) atoms. The predicted molar refractivity (Wildman–Crippen MR) is 109 cm³/mol. The molecule has 3 heterocycles. The Kier molecular flexibility index (Phi) is 5.78. The van der Waals surface area contributed by atoms with Crippen LogP contribution in [-0.4, -0.2) is 40.8 Å². The van der Waals surface area contributed by atoms with Crippen molar-refractivity contribution in [2.24, 2.45) is 0 Å². The molecule has 1 aromatic carbocycles. The van der Waals surface area contributed by atoms with Crippen LogP contribution in [0.25, 0.3) is 0 Å². The second-order valence-electron chi connectivity index (χ2n) is 6.65. The number of nitrogens with zero attached hydrogens (tertiary/aromatic N) is 1. The zero-order valence-corrected chi connectivity index (χ0v) is 16.6. The fourth-order valence-electron chi connectivity index (χ4n) is 3.49. The highest BCUT2D eigenvalue weighted by Gasteiger charge is 2.34. The summed E-state index contributed by atoms with van der Waals surface area (Å²) >= 11 is 3.90. The Morgan fingerprint density at radius 1 is 1.15 bits per heavy atom. The molecule has 1 N–H and O–H groups in total. The monoisotopic (exact) mass is 402 g/mol. The Balaban J connectivity index is 1.40. The van der Waals surface area contributed by atoms with Crippen LogP contribution < -0.4 is 5.32 Å². The van der Waals surface area contributed by atoms with Gasteiger partial charge in [-0.2, -0.15) is 0 Å². The van der Waals surface area contributed by atoms with Crippen molar-refractivity contribution in [2.75, 3.05) is 18.1 Å². The summed E-state index contributed by atoms with van der Waals surface area (Å²) in [6.45, 7) is 0.962. The minimum atomic E-state index is -0.409. The number of rotatable bonds is 5. The van der Waals surface area contributed by atoms with Gasteiger partial charge in [0, 0.05) is 23.6 Å². The van der Waals surface area contributed by atoms with Crippen LogP contribution in [0, 0.1) is 0 Å². The van der Waals surface area contributed by atoms with Crippen LogP contribution in [0.1, 0.15) is 39.1 Å². The molecule has 7 heteroatoms. The Morgan fingerprint density at radius 3 is 2.63 bits per heavy atom. The van der Waals surface area contributed by atoms with Crippen LogP contribution in [0.15, 0.2) is 47.1 Å². The van der Waals surface area contributed by atoms with Gasteiger partial charge in [-0.3, -0.25) is 9.59 Å². The Labute approximate surface area is 167 Å². The van der Waals surface area contributed by atoms with Gasteiger partial charge in [-0.05, 0) is 42.7 Å². The first-order valence-corrected chi connectivity index (χ1v) is 11.3. The second kappa shape index (κ2) is 8.44. The number of likely N-dealkylation sites (tertiary alicyclic amines) is 1. The van der Waals surface area contributed by atoms with Crippen LogP contribution in [0.5, 0.6) is 0 Å². The average molecular weight is 403 g/mol. The lowest BCUT2D eigenvalue weighted by Crippen LogP contribution is -2.45. The van der Waals surface area contributed by atoms with Crippen molar-refractivity contribution in [3.63, 3.8) is 0 Å². The van der Waals surface area contributed by atoms with Gasteiger partial charge in [-0.25, -0.2) is 0 Å². The number of carbonyl (C=O) groups is 2. The first-order chi connectivity index (χ1) is 13.2. The van der Waals surface area contributed by atoms with Gasteiger partial charge in [0.15, 0.2) is 0 Å². The van der Waals surface area contributed by atoms with Crippen molar-refractivity contribution in [1.82, 2.24) is 10.2 Å². The molecule has 2 aliphatic rings. The summed E-state index contributed by atoms with van der Waals surface area (Å²) in [7, 11) is 0. The molecule has 1 unspecified atom stereocenters. The number of hydrogen-bond acceptors (Lipinski definition) is 5. The minimum absolute atomic E-state index is 0.0658. The molecule has 0 radical (unpaired) electrons. The molecule has 2 saturated heterocycles. The molecule has 5 nitrogen and oxygen atoms in total. The predicted octanol–water partition coefficient (Wildman–Crippen LogP) is 3.68. The molecule has 0 saturated carbocycles. The number of thioether (sulfide) groups is 2. The summed E-state index contributed by atoms with van der Waals surface area (Å²) < 4.78 is 5.72. The van der Waals surface area contributed by atoms with Gasteiger partial charge in [0.1, 0.15) is 11.8 Å². The van der Waals surface area contributed by atoms with Gasteiger partial charge in [0.05, 0.1) is 17.4 Å². The van der Waals surface area contributed by atoms with E-state index in [9.17, 15) is 9.59 Å². The average Bonchev–Trinajstić information content (AvgIpc) is 3.48. The third kappa shape index (κ3) is 4.19. The third-order valence-corrected chi connectivity index (χ3v) is 7.99. The number of benzene rings is 1. The van der Waals surface area contributed by atoms with Crippen LogP contribution in [0.2, 0.25) is 0 Å². The third-order valence-electron chi connectivity index (χ3n) is 4.88. The number of hydrogen-bond donors (Lipinski definition) is 1. The Bertz CT molecular complexity index is 786. The molecule has 2 fully saturated rings. The number of carbonyl (C=O) groups excluding carboxylic acids is 2. The molecule has 2 aromatic rings. The maximum Gasteiger partial charge on any atom is 0.254 e. The van der Waals surface area contributed by atoms with Gasteiger partial charge >= 0.3 is 0 Å². The van der Waals surface area contributed by atoms with E-state index in [1.807, 2.05) is 53.9 Å². The minimum Gasteiger partial charge on any atom is -0.467 e. The SMILES string of the molecule is O=C(NCc1ccco1)C1CCCN1C(=O)c1ccc(C2SCCS2)cc1. The molecule has 2 aliphatic heterocycles. The van der Waals surface area contributed by atoms with E-state index in [1.54, 1.807) is 17.2 Å². The lowest BCUT2D eigenvalue weighted by Gasteiger charge is -2.24. The first kappa shape index (κ1) is 18.5. The first-order valence-electron chi connectivity index (χ1n) is 9.16. The highest BCUT2D eigenvalue weighted by molar-refractivity contribution is 8.19. The lowest BCUT2D eigenvalue weighted by molar-refractivity contribution is -0.125. The largest absolute Gasteiger partial charge is 0.467 e. The van der Waals surface area contributed by atoms with E-state index in [1.165, 1.54) is 17.1 Å². The normalized spacial score (nSPS) is 20.1. The van der Waals surface area contributed by atoms with E-state index < -0.39 is 6.04 Å². The van der Waals surface area contributed by atoms with E-state index in [0.717, 1.165) is 6.42 Å². The van der Waals surface area contributed by atoms with Crippen LogP contribution in [-0.2, 0) is 11.3 Å². The molecule has 0 spiro atoms. The van der Waals surface area contributed by atoms with Crippen molar-refractivity contribution >= 4 is 35.3 Å². The van der Waals surface area contributed by atoms with Crippen molar-refractivity contribution < 1.29 is 14.0 Å². The summed E-state index contributed by atoms with van der Waals surface area (Å²) in [6, 6.07) is 11.1. The van der Waals surface area contributed by atoms with Crippen LogP contribution in [0.3, 0.4) is 0 Å². The summed E-state index contributed by atoms with van der Waals surface area (Å²) in [5.41, 5.74) is 1.91. The van der Waals surface area contributed by atoms with Crippen LogP contribution in [0.4, 0.5) is 0 Å². The lowest BCUT2D eigenvalue weighted by atomic mass is 10.1. The Morgan fingerprint density at radius 2 is 1.93 bits per heavy atom. The zero-order chi connectivity index (χ0) is 18.6. The smallest absolute Gasteiger partial charge is 0.254 e. The van der Waals surface area contributed by atoms with E-state index in [2.05, 4.69) is 5.32 Å². The van der Waals surface area contributed by atoms with Gasteiger partial charge in [0.25, 0.3) is 5.91 Å². The second-order valence-corrected chi connectivity index (χ2v) is 9.37. The van der Waals surface area contributed by atoms with Gasteiger partial charge in [-0.1, -0.05) is 12.1 Å².